The van der Waals surface area contributed by atoms with E-state index in [9.17, 15) is 4.39 Å². The van der Waals surface area contributed by atoms with E-state index in [2.05, 4.69) is 9.97 Å². The predicted molar refractivity (Wildman–Crippen MR) is 56.7 cm³/mol. The van der Waals surface area contributed by atoms with Crippen LogP contribution in [0, 0.1) is 6.08 Å². The van der Waals surface area contributed by atoms with Gasteiger partial charge in [0.15, 0.2) is 0 Å². The molecule has 4 nitrogen and oxygen atoms in total. The lowest BCUT2D eigenvalue weighted by Gasteiger charge is -2.12. The second kappa shape index (κ2) is 3.68. The normalized spacial score (nSPS) is 20.8. The minimum Gasteiger partial charge on any atom is -0.358 e. The summed E-state index contributed by atoms with van der Waals surface area (Å²) in [6.07, 6.45) is 2.84. The van der Waals surface area contributed by atoms with E-state index in [0.717, 1.165) is 19.4 Å². The van der Waals surface area contributed by atoms with Crippen LogP contribution >= 0.6 is 11.6 Å². The molecule has 0 amide bonds. The van der Waals surface area contributed by atoms with E-state index in [-0.39, 0.29) is 11.4 Å². The predicted octanol–water partition coefficient (Wildman–Crippen LogP) is 2.53. The topological polar surface area (TPSA) is 39.9 Å². The molecule has 1 saturated heterocycles. The van der Waals surface area contributed by atoms with E-state index in [1.54, 1.807) is 16.8 Å². The van der Waals surface area contributed by atoms with E-state index < -0.39 is 6.08 Å². The minimum atomic E-state index is -0.810. The Hall–Kier alpha value is -1.20. The number of nitrogens with zero attached hydrogens (tertiary/aromatic N) is 3. The van der Waals surface area contributed by atoms with Crippen molar-refractivity contribution in [3.8, 4) is 0 Å². The van der Waals surface area contributed by atoms with Crippen LogP contribution in [0.25, 0.3) is 11.0 Å². The van der Waals surface area contributed by atoms with E-state index in [0.29, 0.717) is 11.0 Å². The zero-order chi connectivity index (χ0) is 11.1. The number of ether oxygens (including phenoxy) is 1. The van der Waals surface area contributed by atoms with E-state index in [1.807, 2.05) is 0 Å². The molecule has 0 aliphatic carbocycles. The van der Waals surface area contributed by atoms with Gasteiger partial charge in [0.25, 0.3) is 0 Å². The maximum atomic E-state index is 13.1. The molecule has 1 atom stereocenters. The summed E-state index contributed by atoms with van der Waals surface area (Å²) in [5.74, 6) is 0. The summed E-state index contributed by atoms with van der Waals surface area (Å²) in [6, 6.07) is 1.78. The molecule has 6 heteroatoms. The molecule has 0 saturated carbocycles. The van der Waals surface area contributed by atoms with Crippen molar-refractivity contribution >= 4 is 22.6 Å². The maximum absolute atomic E-state index is 13.1. The second-order valence-electron chi connectivity index (χ2n) is 3.71. The van der Waals surface area contributed by atoms with Crippen LogP contribution < -0.4 is 0 Å². The van der Waals surface area contributed by atoms with E-state index in [1.165, 1.54) is 0 Å². The highest BCUT2D eigenvalue weighted by molar-refractivity contribution is 6.33. The Balaban J connectivity index is 2.18. The van der Waals surface area contributed by atoms with Crippen LogP contribution in [0.15, 0.2) is 12.3 Å². The fraction of sp³-hybridized carbons (Fsp3) is 0.400. The molecule has 0 aromatic carbocycles. The van der Waals surface area contributed by atoms with Crippen molar-refractivity contribution in [3.63, 3.8) is 0 Å². The van der Waals surface area contributed by atoms with Gasteiger partial charge in [-0.3, -0.25) is 0 Å². The first-order chi connectivity index (χ1) is 7.75. The van der Waals surface area contributed by atoms with Crippen LogP contribution in [0.3, 0.4) is 0 Å². The molecule has 16 heavy (non-hydrogen) atoms. The van der Waals surface area contributed by atoms with Gasteiger partial charge in [-0.1, -0.05) is 11.6 Å². The van der Waals surface area contributed by atoms with Crippen molar-refractivity contribution in [1.82, 2.24) is 14.5 Å². The molecular weight excluding hydrogens is 233 g/mol. The molecule has 0 unspecified atom stereocenters. The molecule has 3 rings (SSSR count). The third kappa shape index (κ3) is 1.47. The van der Waals surface area contributed by atoms with Crippen molar-refractivity contribution in [3.05, 3.63) is 23.5 Å². The van der Waals surface area contributed by atoms with Gasteiger partial charge < -0.3 is 9.30 Å². The van der Waals surface area contributed by atoms with Crippen molar-refractivity contribution in [1.29, 1.82) is 0 Å². The van der Waals surface area contributed by atoms with Gasteiger partial charge in [-0.15, -0.1) is 0 Å². The molecule has 2 aromatic heterocycles. The Labute approximate surface area is 96.0 Å². The first kappa shape index (κ1) is 9.99. The van der Waals surface area contributed by atoms with Crippen molar-refractivity contribution < 1.29 is 9.13 Å². The zero-order valence-corrected chi connectivity index (χ0v) is 9.12. The Morgan fingerprint density at radius 1 is 1.50 bits per heavy atom. The summed E-state index contributed by atoms with van der Waals surface area (Å²) in [5.41, 5.74) is 0.490. The minimum absolute atomic E-state index is 0.0668. The number of rotatable bonds is 1. The largest absolute Gasteiger partial charge is 0.358 e. The Kier molecular flexibility index (Phi) is 2.29. The van der Waals surface area contributed by atoms with Crippen LogP contribution in [0.4, 0.5) is 4.39 Å². The fourth-order valence-corrected chi connectivity index (χ4v) is 2.20. The second-order valence-corrected chi connectivity index (χ2v) is 4.07. The number of halogens is 2. The third-order valence-electron chi connectivity index (χ3n) is 2.71. The smallest absolute Gasteiger partial charge is 0.312 e. The first-order valence-corrected chi connectivity index (χ1v) is 5.44. The van der Waals surface area contributed by atoms with Crippen LogP contribution in [-0.4, -0.2) is 21.1 Å². The highest BCUT2D eigenvalue weighted by atomic mass is 35.5. The lowest BCUT2D eigenvalue weighted by molar-refractivity contribution is 0.0596. The number of aromatic nitrogens is 3. The Morgan fingerprint density at radius 2 is 2.38 bits per heavy atom. The van der Waals surface area contributed by atoms with Gasteiger partial charge in [-0.2, -0.15) is 14.4 Å². The molecule has 3 heterocycles. The quantitative estimate of drug-likeness (QED) is 0.569. The molecule has 1 aliphatic rings. The number of hydrogen-bond acceptors (Lipinski definition) is 3. The fourth-order valence-electron chi connectivity index (χ4n) is 1.98. The van der Waals surface area contributed by atoms with Crippen molar-refractivity contribution in [2.24, 2.45) is 0 Å². The van der Waals surface area contributed by atoms with Gasteiger partial charge in [0.1, 0.15) is 17.0 Å². The monoisotopic (exact) mass is 241 g/mol. The van der Waals surface area contributed by atoms with Gasteiger partial charge in [0.05, 0.1) is 5.39 Å². The molecule has 0 bridgehead atoms. The van der Waals surface area contributed by atoms with Crippen LogP contribution in [0.1, 0.15) is 19.1 Å². The molecule has 0 radical (unpaired) electrons. The van der Waals surface area contributed by atoms with Crippen molar-refractivity contribution in [2.75, 3.05) is 6.61 Å². The summed E-state index contributed by atoms with van der Waals surface area (Å²) in [6.45, 7) is 0.728. The van der Waals surface area contributed by atoms with Crippen LogP contribution in [0.2, 0.25) is 5.15 Å². The summed E-state index contributed by atoms with van der Waals surface area (Å²) >= 11 is 5.84. The maximum Gasteiger partial charge on any atom is 0.312 e. The summed E-state index contributed by atoms with van der Waals surface area (Å²) in [5, 5.41) is 0.790. The first-order valence-electron chi connectivity index (χ1n) is 5.07. The summed E-state index contributed by atoms with van der Waals surface area (Å²) in [4.78, 5) is 7.24. The highest BCUT2D eigenvalue weighted by Gasteiger charge is 2.20. The van der Waals surface area contributed by atoms with Crippen LogP contribution in [0.5, 0.6) is 0 Å². The SMILES string of the molecule is Fc1nc(Cl)c2ccn([C@@H]3CCCO3)c2n1. The summed E-state index contributed by atoms with van der Waals surface area (Å²) in [7, 11) is 0. The third-order valence-corrected chi connectivity index (χ3v) is 3.00. The van der Waals surface area contributed by atoms with Gasteiger partial charge in [-0.05, 0) is 18.9 Å². The molecule has 84 valence electrons. The number of fused-ring (bicyclic) bond motifs is 1. The lowest BCUT2D eigenvalue weighted by atomic mass is 10.3. The van der Waals surface area contributed by atoms with Gasteiger partial charge in [-0.25, -0.2) is 0 Å². The van der Waals surface area contributed by atoms with Crippen LogP contribution in [-0.2, 0) is 4.74 Å². The Bertz CT molecular complexity index is 536. The van der Waals surface area contributed by atoms with Crippen molar-refractivity contribution in [2.45, 2.75) is 19.1 Å². The standard InChI is InChI=1S/C10H9ClFN3O/c11-8-6-3-4-15(7-2-1-5-16-7)9(6)14-10(12)13-8/h3-4,7H,1-2,5H2/t7-/m0/s1. The van der Waals surface area contributed by atoms with Gasteiger partial charge >= 0.3 is 6.08 Å². The average molecular weight is 242 g/mol. The van der Waals surface area contributed by atoms with E-state index >= 15 is 0 Å². The number of hydrogen-bond donors (Lipinski definition) is 0. The molecule has 1 aliphatic heterocycles. The molecule has 0 N–H and O–H groups in total. The molecule has 0 spiro atoms. The van der Waals surface area contributed by atoms with E-state index in [4.69, 9.17) is 16.3 Å². The van der Waals surface area contributed by atoms with Gasteiger partial charge in [0, 0.05) is 12.8 Å². The molecule has 1 fully saturated rings. The average Bonchev–Trinajstić information content (AvgIpc) is 2.83. The lowest BCUT2D eigenvalue weighted by Crippen LogP contribution is -2.07. The zero-order valence-electron chi connectivity index (χ0n) is 8.36. The molecular formula is C10H9ClFN3O. The summed E-state index contributed by atoms with van der Waals surface area (Å²) < 4.78 is 20.4. The van der Waals surface area contributed by atoms with Gasteiger partial charge in [0.2, 0.25) is 0 Å². The Morgan fingerprint density at radius 3 is 3.12 bits per heavy atom. The highest BCUT2D eigenvalue weighted by Crippen LogP contribution is 2.29. The molecule has 2 aromatic rings.